The van der Waals surface area contributed by atoms with Crippen LogP contribution in [-0.2, 0) is 12.8 Å². The van der Waals surface area contributed by atoms with Crippen LogP contribution in [0.2, 0.25) is 0 Å². The summed E-state index contributed by atoms with van der Waals surface area (Å²) >= 11 is 0. The van der Waals surface area contributed by atoms with Crippen LogP contribution < -0.4 is 5.32 Å². The van der Waals surface area contributed by atoms with Gasteiger partial charge in [0.05, 0.1) is 5.69 Å². The Morgan fingerprint density at radius 3 is 2.74 bits per heavy atom. The lowest BCUT2D eigenvalue weighted by Crippen LogP contribution is -2.41. The molecule has 2 atom stereocenters. The molecule has 1 aromatic heterocycles. The van der Waals surface area contributed by atoms with Crippen molar-refractivity contribution in [3.63, 3.8) is 0 Å². The Balaban J connectivity index is 2.08. The first kappa shape index (κ1) is 17.7. The van der Waals surface area contributed by atoms with Crippen LogP contribution >= 0.6 is 0 Å². The Kier molecular flexibility index (Phi) is 6.35. The normalized spacial score (nSPS) is 20.0. The van der Waals surface area contributed by atoms with Gasteiger partial charge in [0.15, 0.2) is 5.82 Å². The second kappa shape index (κ2) is 8.26. The summed E-state index contributed by atoms with van der Waals surface area (Å²) < 4.78 is 0. The molecule has 0 saturated carbocycles. The van der Waals surface area contributed by atoms with Gasteiger partial charge in [-0.25, -0.2) is 0 Å². The minimum Gasteiger partial charge on any atom is -0.364 e. The van der Waals surface area contributed by atoms with Crippen molar-refractivity contribution in [1.29, 1.82) is 5.26 Å². The van der Waals surface area contributed by atoms with E-state index in [2.05, 4.69) is 54.2 Å². The number of aryl methyl sites for hydroxylation is 1. The molecule has 1 fully saturated rings. The quantitative estimate of drug-likeness (QED) is 0.874. The number of hydrogen-bond acceptors (Lipinski definition) is 5. The van der Waals surface area contributed by atoms with Crippen molar-refractivity contribution in [2.75, 3.05) is 25.0 Å². The summed E-state index contributed by atoms with van der Waals surface area (Å²) in [7, 11) is 0. The maximum absolute atomic E-state index is 9.55. The Morgan fingerprint density at radius 1 is 1.35 bits per heavy atom. The molecule has 1 aliphatic heterocycles. The lowest BCUT2D eigenvalue weighted by Gasteiger charge is -2.33. The zero-order valence-corrected chi connectivity index (χ0v) is 14.9. The Hall–Kier alpha value is -1.67. The maximum Gasteiger partial charge on any atom is 0.167 e. The van der Waals surface area contributed by atoms with E-state index in [0.717, 1.165) is 43.1 Å². The molecule has 0 aromatic carbocycles. The first-order chi connectivity index (χ1) is 11.1. The Labute approximate surface area is 140 Å². The first-order valence-electron chi connectivity index (χ1n) is 8.86. The lowest BCUT2D eigenvalue weighted by atomic mass is 10.00. The van der Waals surface area contributed by atoms with Gasteiger partial charge in [-0.15, -0.1) is 5.10 Å². The second-order valence-electron chi connectivity index (χ2n) is 6.72. The molecular weight excluding hydrogens is 286 g/mol. The summed E-state index contributed by atoms with van der Waals surface area (Å²) in [6, 6.07) is 2.58. The fourth-order valence-corrected chi connectivity index (χ4v) is 3.51. The summed E-state index contributed by atoms with van der Waals surface area (Å²) in [4.78, 5) is 2.51. The topological polar surface area (TPSA) is 64.8 Å². The van der Waals surface area contributed by atoms with Crippen LogP contribution in [0, 0.1) is 17.2 Å². The molecule has 1 saturated heterocycles. The van der Waals surface area contributed by atoms with Gasteiger partial charge in [0.25, 0.3) is 0 Å². The fourth-order valence-electron chi connectivity index (χ4n) is 3.51. The predicted octanol–water partition coefficient (Wildman–Crippen LogP) is 3.01. The van der Waals surface area contributed by atoms with E-state index in [1.807, 2.05) is 0 Å². The third-order valence-corrected chi connectivity index (χ3v) is 4.61. The molecule has 2 rings (SSSR count). The summed E-state index contributed by atoms with van der Waals surface area (Å²) in [5.41, 5.74) is 2.64. The van der Waals surface area contributed by atoms with Gasteiger partial charge in [-0.3, -0.25) is 0 Å². The fraction of sp³-hybridized carbons (Fsp3) is 0.722. The van der Waals surface area contributed by atoms with Crippen LogP contribution in [0.3, 0.4) is 0 Å². The molecule has 5 heteroatoms. The SMILES string of the molecule is CCc1nnc(NC(C)CN2CCCC(C)C2)c(C#N)c1CC. The lowest BCUT2D eigenvalue weighted by molar-refractivity contribution is 0.180. The number of likely N-dealkylation sites (tertiary alicyclic amines) is 1. The van der Waals surface area contributed by atoms with Crippen molar-refractivity contribution in [2.24, 2.45) is 5.92 Å². The molecule has 5 nitrogen and oxygen atoms in total. The second-order valence-corrected chi connectivity index (χ2v) is 6.72. The van der Waals surface area contributed by atoms with Crippen molar-refractivity contribution in [1.82, 2.24) is 15.1 Å². The molecule has 0 radical (unpaired) electrons. The van der Waals surface area contributed by atoms with E-state index < -0.39 is 0 Å². The van der Waals surface area contributed by atoms with Crippen molar-refractivity contribution in [3.8, 4) is 6.07 Å². The Bertz CT molecular complexity index is 563. The van der Waals surface area contributed by atoms with Crippen LogP contribution in [0.15, 0.2) is 0 Å². The van der Waals surface area contributed by atoms with E-state index in [9.17, 15) is 5.26 Å². The molecule has 0 amide bonds. The molecule has 0 spiro atoms. The van der Waals surface area contributed by atoms with E-state index in [1.54, 1.807) is 0 Å². The highest BCUT2D eigenvalue weighted by molar-refractivity contribution is 5.56. The van der Waals surface area contributed by atoms with Gasteiger partial charge < -0.3 is 10.2 Å². The maximum atomic E-state index is 9.55. The monoisotopic (exact) mass is 315 g/mol. The van der Waals surface area contributed by atoms with Gasteiger partial charge in [0.2, 0.25) is 0 Å². The molecule has 0 aliphatic carbocycles. The van der Waals surface area contributed by atoms with Gasteiger partial charge >= 0.3 is 0 Å². The highest BCUT2D eigenvalue weighted by atomic mass is 15.2. The van der Waals surface area contributed by atoms with E-state index in [-0.39, 0.29) is 6.04 Å². The number of piperidine rings is 1. The van der Waals surface area contributed by atoms with E-state index in [1.165, 1.54) is 19.4 Å². The van der Waals surface area contributed by atoms with Crippen molar-refractivity contribution in [2.45, 2.75) is 59.4 Å². The summed E-state index contributed by atoms with van der Waals surface area (Å²) in [5.74, 6) is 1.42. The largest absolute Gasteiger partial charge is 0.364 e. The minimum atomic E-state index is 0.249. The Morgan fingerprint density at radius 2 is 2.13 bits per heavy atom. The standard InChI is InChI=1S/C18H29N5/c1-5-15-16(10-19)18(22-21-17(15)6-2)20-14(4)12-23-9-7-8-13(3)11-23/h13-14H,5-9,11-12H2,1-4H3,(H,20,22). The highest BCUT2D eigenvalue weighted by Crippen LogP contribution is 2.21. The van der Waals surface area contributed by atoms with Crippen LogP contribution in [0.5, 0.6) is 0 Å². The molecular formula is C18H29N5. The van der Waals surface area contributed by atoms with Crippen molar-refractivity contribution >= 4 is 5.82 Å². The summed E-state index contributed by atoms with van der Waals surface area (Å²) in [5, 5.41) is 21.5. The minimum absolute atomic E-state index is 0.249. The summed E-state index contributed by atoms with van der Waals surface area (Å²) in [6.45, 7) is 11.9. The number of hydrogen-bond donors (Lipinski definition) is 1. The highest BCUT2D eigenvalue weighted by Gasteiger charge is 2.20. The molecule has 1 aromatic rings. The average Bonchev–Trinajstić information content (AvgIpc) is 2.54. The number of rotatable bonds is 6. The third kappa shape index (κ3) is 4.42. The van der Waals surface area contributed by atoms with Gasteiger partial charge in [0.1, 0.15) is 11.6 Å². The molecule has 1 N–H and O–H groups in total. The van der Waals surface area contributed by atoms with Gasteiger partial charge in [-0.05, 0) is 50.6 Å². The zero-order chi connectivity index (χ0) is 16.8. The molecule has 2 unspecified atom stereocenters. The molecule has 23 heavy (non-hydrogen) atoms. The number of anilines is 1. The van der Waals surface area contributed by atoms with Gasteiger partial charge in [-0.1, -0.05) is 20.8 Å². The first-order valence-corrected chi connectivity index (χ1v) is 8.86. The number of nitrogens with zero attached hydrogens (tertiary/aromatic N) is 4. The van der Waals surface area contributed by atoms with Crippen molar-refractivity contribution in [3.05, 3.63) is 16.8 Å². The van der Waals surface area contributed by atoms with Crippen LogP contribution in [0.25, 0.3) is 0 Å². The van der Waals surface area contributed by atoms with E-state index >= 15 is 0 Å². The summed E-state index contributed by atoms with van der Waals surface area (Å²) in [6.07, 6.45) is 4.24. The molecule has 0 bridgehead atoms. The van der Waals surface area contributed by atoms with Crippen molar-refractivity contribution < 1.29 is 0 Å². The van der Waals surface area contributed by atoms with E-state index in [0.29, 0.717) is 11.4 Å². The average molecular weight is 315 g/mol. The zero-order valence-electron chi connectivity index (χ0n) is 14.9. The van der Waals surface area contributed by atoms with Crippen LogP contribution in [0.4, 0.5) is 5.82 Å². The van der Waals surface area contributed by atoms with E-state index in [4.69, 9.17) is 0 Å². The molecule has 126 valence electrons. The molecule has 2 heterocycles. The number of nitrogens with one attached hydrogen (secondary N) is 1. The molecule has 1 aliphatic rings. The third-order valence-electron chi connectivity index (χ3n) is 4.61. The van der Waals surface area contributed by atoms with Gasteiger partial charge in [-0.2, -0.15) is 10.4 Å². The number of nitriles is 1. The van der Waals surface area contributed by atoms with Crippen LogP contribution in [0.1, 0.15) is 57.4 Å². The predicted molar refractivity (Wildman–Crippen MR) is 93.4 cm³/mol. The van der Waals surface area contributed by atoms with Gasteiger partial charge in [0, 0.05) is 19.1 Å². The van der Waals surface area contributed by atoms with Crippen LogP contribution in [-0.4, -0.2) is 40.8 Å². The smallest absolute Gasteiger partial charge is 0.167 e. The number of aromatic nitrogens is 2.